The highest BCUT2D eigenvalue weighted by atomic mass is 35.5. The third kappa shape index (κ3) is 5.18. The monoisotopic (exact) mass is 323 g/mol. The predicted molar refractivity (Wildman–Crippen MR) is 93.3 cm³/mol. The van der Waals surface area contributed by atoms with Gasteiger partial charge in [-0.2, -0.15) is 0 Å². The second-order valence-corrected chi connectivity index (χ2v) is 6.69. The molecule has 0 spiro atoms. The van der Waals surface area contributed by atoms with E-state index in [2.05, 4.69) is 24.9 Å². The summed E-state index contributed by atoms with van der Waals surface area (Å²) in [7, 11) is 0. The molecular formula is C18H23Cl2N. The number of halogens is 2. The van der Waals surface area contributed by atoms with Crippen LogP contribution in [0.2, 0.25) is 10.0 Å². The van der Waals surface area contributed by atoms with Gasteiger partial charge in [-0.25, -0.2) is 0 Å². The van der Waals surface area contributed by atoms with E-state index in [-0.39, 0.29) is 0 Å². The number of rotatable bonds is 6. The number of hydrogen-bond donors (Lipinski definition) is 1. The quantitative estimate of drug-likeness (QED) is 0.543. The zero-order chi connectivity index (χ0) is 15.2. The summed E-state index contributed by atoms with van der Waals surface area (Å²) >= 11 is 12.1. The van der Waals surface area contributed by atoms with Gasteiger partial charge in [0.05, 0.1) is 0 Å². The van der Waals surface area contributed by atoms with Gasteiger partial charge in [0, 0.05) is 16.6 Å². The van der Waals surface area contributed by atoms with Gasteiger partial charge in [-0.15, -0.1) is 0 Å². The molecule has 1 N–H and O–H groups in total. The molecule has 0 fully saturated rings. The van der Waals surface area contributed by atoms with Crippen LogP contribution in [0.25, 0.3) is 0 Å². The van der Waals surface area contributed by atoms with Crippen LogP contribution in [-0.2, 0) is 6.42 Å². The van der Waals surface area contributed by atoms with Crippen LogP contribution in [0.3, 0.4) is 0 Å². The predicted octanol–water partition coefficient (Wildman–Crippen LogP) is 5.43. The van der Waals surface area contributed by atoms with Crippen molar-refractivity contribution < 1.29 is 0 Å². The minimum Gasteiger partial charge on any atom is -0.313 e. The smallest absolute Gasteiger partial charge is 0.0453 e. The van der Waals surface area contributed by atoms with E-state index < -0.39 is 0 Å². The fraction of sp³-hybridized carbons (Fsp3) is 0.444. The summed E-state index contributed by atoms with van der Waals surface area (Å²) in [5.41, 5.74) is 3.99. The molecule has 1 nitrogen and oxygen atoms in total. The molecule has 3 heteroatoms. The first-order valence-electron chi connectivity index (χ1n) is 7.54. The van der Waals surface area contributed by atoms with Crippen molar-refractivity contribution in [1.82, 2.24) is 5.32 Å². The molecule has 0 aromatic heterocycles. The van der Waals surface area contributed by atoms with E-state index >= 15 is 0 Å². The summed E-state index contributed by atoms with van der Waals surface area (Å²) in [5.74, 6) is 0.682. The van der Waals surface area contributed by atoms with E-state index in [4.69, 9.17) is 23.2 Å². The topological polar surface area (TPSA) is 12.0 Å². The fourth-order valence-electron chi connectivity index (χ4n) is 2.69. The molecule has 0 unspecified atom stereocenters. The average molecular weight is 324 g/mol. The maximum absolute atomic E-state index is 6.17. The zero-order valence-corrected chi connectivity index (χ0v) is 14.1. The van der Waals surface area contributed by atoms with Crippen molar-refractivity contribution in [2.45, 2.75) is 32.6 Å². The van der Waals surface area contributed by atoms with Gasteiger partial charge in [0.25, 0.3) is 0 Å². The first-order chi connectivity index (χ1) is 10.1. The van der Waals surface area contributed by atoms with Gasteiger partial charge in [0.2, 0.25) is 0 Å². The van der Waals surface area contributed by atoms with Gasteiger partial charge in [-0.1, -0.05) is 53.1 Å². The molecule has 2 rings (SSSR count). The first kappa shape index (κ1) is 16.6. The second-order valence-electron chi connectivity index (χ2n) is 5.84. The van der Waals surface area contributed by atoms with E-state index in [1.54, 1.807) is 6.07 Å². The standard InChI is InChI=1S/C18H23Cl2N/c1-13(2)15-5-3-14(4-6-15)12-21-10-9-16-7-8-17(19)11-18(16)20/h3,7-8,11,15,21H,1,4-6,9-10,12H2,2H3/t15-/m1/s1. The van der Waals surface area contributed by atoms with Gasteiger partial charge in [0.1, 0.15) is 0 Å². The normalized spacial score (nSPS) is 18.4. The van der Waals surface area contributed by atoms with E-state index in [1.165, 1.54) is 24.0 Å². The Morgan fingerprint density at radius 1 is 1.38 bits per heavy atom. The molecule has 0 bridgehead atoms. The van der Waals surface area contributed by atoms with Crippen LogP contribution in [0.5, 0.6) is 0 Å². The summed E-state index contributed by atoms with van der Waals surface area (Å²) in [5, 5.41) is 4.95. The fourth-order valence-corrected chi connectivity index (χ4v) is 3.20. The number of allylic oxidation sites excluding steroid dienone is 2. The van der Waals surface area contributed by atoms with Crippen molar-refractivity contribution in [3.63, 3.8) is 0 Å². The van der Waals surface area contributed by atoms with Crippen molar-refractivity contribution in [2.75, 3.05) is 13.1 Å². The van der Waals surface area contributed by atoms with Crippen LogP contribution < -0.4 is 5.32 Å². The third-order valence-corrected chi connectivity index (χ3v) is 4.73. The van der Waals surface area contributed by atoms with Crippen molar-refractivity contribution in [3.05, 3.63) is 57.6 Å². The summed E-state index contributed by atoms with van der Waals surface area (Å²) in [6, 6.07) is 5.70. The van der Waals surface area contributed by atoms with Crippen molar-refractivity contribution >= 4 is 23.2 Å². The largest absolute Gasteiger partial charge is 0.313 e. The number of hydrogen-bond acceptors (Lipinski definition) is 1. The zero-order valence-electron chi connectivity index (χ0n) is 12.6. The lowest BCUT2D eigenvalue weighted by Gasteiger charge is -2.22. The SMILES string of the molecule is C=C(C)[C@@H]1CC=C(CNCCc2ccc(Cl)cc2Cl)CC1. The molecule has 1 aromatic rings. The molecule has 1 aliphatic rings. The minimum absolute atomic E-state index is 0.682. The maximum Gasteiger partial charge on any atom is 0.0453 e. The summed E-state index contributed by atoms with van der Waals surface area (Å²) < 4.78 is 0. The highest BCUT2D eigenvalue weighted by molar-refractivity contribution is 6.35. The summed E-state index contributed by atoms with van der Waals surface area (Å²) in [6.45, 7) is 8.11. The molecule has 0 radical (unpaired) electrons. The minimum atomic E-state index is 0.682. The van der Waals surface area contributed by atoms with Gasteiger partial charge in [-0.3, -0.25) is 0 Å². The maximum atomic E-state index is 6.17. The lowest BCUT2D eigenvalue weighted by Crippen LogP contribution is -2.22. The van der Waals surface area contributed by atoms with Crippen molar-refractivity contribution in [1.29, 1.82) is 0 Å². The van der Waals surface area contributed by atoms with Gasteiger partial charge < -0.3 is 5.32 Å². The van der Waals surface area contributed by atoms with E-state index in [0.29, 0.717) is 10.9 Å². The Hall–Kier alpha value is -0.760. The van der Waals surface area contributed by atoms with Crippen LogP contribution in [0.1, 0.15) is 31.7 Å². The molecule has 0 saturated heterocycles. The number of nitrogens with one attached hydrogen (secondary N) is 1. The highest BCUT2D eigenvalue weighted by Crippen LogP contribution is 2.27. The molecule has 21 heavy (non-hydrogen) atoms. The van der Waals surface area contributed by atoms with E-state index in [0.717, 1.165) is 36.5 Å². The molecular weight excluding hydrogens is 301 g/mol. The van der Waals surface area contributed by atoms with Crippen LogP contribution >= 0.6 is 23.2 Å². The first-order valence-corrected chi connectivity index (χ1v) is 8.30. The summed E-state index contributed by atoms with van der Waals surface area (Å²) in [4.78, 5) is 0. The lowest BCUT2D eigenvalue weighted by molar-refractivity contribution is 0.528. The van der Waals surface area contributed by atoms with Gasteiger partial charge >= 0.3 is 0 Å². The lowest BCUT2D eigenvalue weighted by atomic mass is 9.85. The molecule has 1 aromatic carbocycles. The van der Waals surface area contributed by atoms with Crippen LogP contribution in [0.4, 0.5) is 0 Å². The Morgan fingerprint density at radius 2 is 2.19 bits per heavy atom. The molecule has 1 aliphatic carbocycles. The summed E-state index contributed by atoms with van der Waals surface area (Å²) in [6.07, 6.45) is 6.89. The average Bonchev–Trinajstić information content (AvgIpc) is 2.46. The molecule has 0 amide bonds. The van der Waals surface area contributed by atoms with Crippen LogP contribution in [-0.4, -0.2) is 13.1 Å². The van der Waals surface area contributed by atoms with Gasteiger partial charge in [-0.05, 0) is 62.8 Å². The highest BCUT2D eigenvalue weighted by Gasteiger charge is 2.14. The van der Waals surface area contributed by atoms with Crippen molar-refractivity contribution in [3.8, 4) is 0 Å². The Morgan fingerprint density at radius 3 is 2.81 bits per heavy atom. The van der Waals surface area contributed by atoms with Crippen LogP contribution in [0, 0.1) is 5.92 Å². The second kappa shape index (κ2) is 8.03. The Kier molecular flexibility index (Phi) is 6.35. The van der Waals surface area contributed by atoms with Gasteiger partial charge in [0.15, 0.2) is 0 Å². The Balaban J connectivity index is 1.72. The third-order valence-electron chi connectivity index (χ3n) is 4.14. The molecule has 0 heterocycles. The Bertz CT molecular complexity index is 534. The van der Waals surface area contributed by atoms with E-state index in [9.17, 15) is 0 Å². The molecule has 0 aliphatic heterocycles. The molecule has 114 valence electrons. The van der Waals surface area contributed by atoms with Crippen LogP contribution in [0.15, 0.2) is 42.0 Å². The van der Waals surface area contributed by atoms with Crippen molar-refractivity contribution in [2.24, 2.45) is 5.92 Å². The number of benzene rings is 1. The van der Waals surface area contributed by atoms with E-state index in [1.807, 2.05) is 12.1 Å². The Labute approximate surface area is 138 Å². The molecule has 1 atom stereocenters. The molecule has 0 saturated carbocycles.